The summed E-state index contributed by atoms with van der Waals surface area (Å²) in [4.78, 5) is 16.5. The van der Waals surface area contributed by atoms with Crippen molar-refractivity contribution >= 4 is 24.5 Å². The molecule has 0 heterocycles. The summed E-state index contributed by atoms with van der Waals surface area (Å²) in [6, 6.07) is 5.17. The van der Waals surface area contributed by atoms with Gasteiger partial charge in [-0.1, -0.05) is 18.7 Å². The minimum Gasteiger partial charge on any atom is -0.465 e. The Bertz CT molecular complexity index is 404. The molecule has 4 nitrogen and oxygen atoms in total. The number of hydrogen-bond acceptors (Lipinski definition) is 3. The van der Waals surface area contributed by atoms with Crippen LogP contribution >= 0.6 is 0 Å². The molecule has 0 aliphatic heterocycles. The van der Waals surface area contributed by atoms with Crippen molar-refractivity contribution in [2.24, 2.45) is 0 Å². The highest BCUT2D eigenvalue weighted by Crippen LogP contribution is 2.24. The number of carbonyl (C=O) groups excluding carboxylic acids is 1. The number of methoxy groups -OCH3 is 1. The maximum atomic E-state index is 11.5. The molecule has 0 aliphatic rings. The molecule has 4 heteroatoms. The number of ether oxygens (including phenoxy) is 1. The van der Waals surface area contributed by atoms with Crippen molar-refractivity contribution in [2.45, 2.75) is 0 Å². The molecule has 16 heavy (non-hydrogen) atoms. The Morgan fingerprint density at radius 2 is 2.12 bits per heavy atom. The lowest BCUT2D eigenvalue weighted by molar-refractivity contribution is -0.714. The van der Waals surface area contributed by atoms with E-state index in [-0.39, 0.29) is 0 Å². The van der Waals surface area contributed by atoms with Crippen molar-refractivity contribution in [1.82, 2.24) is 0 Å². The molecule has 1 aromatic rings. The van der Waals surface area contributed by atoms with Gasteiger partial charge in [-0.3, -0.25) is 4.84 Å². The zero-order valence-corrected chi connectivity index (χ0v) is 9.40. The van der Waals surface area contributed by atoms with Gasteiger partial charge in [0.05, 0.1) is 18.2 Å². The smallest absolute Gasteiger partial charge is 0.338 e. The Morgan fingerprint density at radius 3 is 2.62 bits per heavy atom. The van der Waals surface area contributed by atoms with E-state index in [1.807, 2.05) is 0 Å². The second-order valence-corrected chi connectivity index (χ2v) is 3.00. The van der Waals surface area contributed by atoms with E-state index in [2.05, 4.69) is 18.0 Å². The van der Waals surface area contributed by atoms with E-state index < -0.39 is 5.97 Å². The van der Waals surface area contributed by atoms with E-state index in [4.69, 9.17) is 4.84 Å². The molecule has 0 bridgehead atoms. The predicted molar refractivity (Wildman–Crippen MR) is 61.9 cm³/mol. The van der Waals surface area contributed by atoms with Crippen LogP contribution in [0.15, 0.2) is 24.8 Å². The standard InChI is InChI=1S/C12H14NO3/c1-5-9-10(12(14)15-3)7-6-8-11(9)13(2)16-4/h5-8H,1-2H2,3-4H3/q+1. The number of hydrogen-bond donors (Lipinski definition) is 0. The van der Waals surface area contributed by atoms with Crippen LogP contribution in [0.2, 0.25) is 0 Å². The van der Waals surface area contributed by atoms with Gasteiger partial charge in [0.1, 0.15) is 7.11 Å². The molecule has 0 atom stereocenters. The first-order valence-electron chi connectivity index (χ1n) is 4.64. The predicted octanol–water partition coefficient (Wildman–Crippen LogP) is 2.02. The summed E-state index contributed by atoms with van der Waals surface area (Å²) in [5, 5.41) is 0. The van der Waals surface area contributed by atoms with Gasteiger partial charge in [0, 0.05) is 10.8 Å². The highest BCUT2D eigenvalue weighted by Gasteiger charge is 2.19. The van der Waals surface area contributed by atoms with Gasteiger partial charge < -0.3 is 4.74 Å². The van der Waals surface area contributed by atoms with Crippen LogP contribution in [0.3, 0.4) is 0 Å². The van der Waals surface area contributed by atoms with E-state index in [0.29, 0.717) is 16.8 Å². The van der Waals surface area contributed by atoms with Crippen LogP contribution in [-0.4, -0.2) is 31.6 Å². The summed E-state index contributed by atoms with van der Waals surface area (Å²) in [6.45, 7) is 7.34. The molecule has 0 N–H and O–H groups in total. The van der Waals surface area contributed by atoms with E-state index >= 15 is 0 Å². The van der Waals surface area contributed by atoms with Crippen molar-refractivity contribution in [1.29, 1.82) is 0 Å². The molecular formula is C12H14NO3+. The minimum absolute atomic E-state index is 0.416. The Kier molecular flexibility index (Phi) is 3.83. The second kappa shape index (κ2) is 5.11. The van der Waals surface area contributed by atoms with Gasteiger partial charge in [-0.15, -0.1) is 0 Å². The third kappa shape index (κ3) is 2.11. The summed E-state index contributed by atoms with van der Waals surface area (Å²) < 4.78 is 5.99. The maximum Gasteiger partial charge on any atom is 0.338 e. The Hall–Kier alpha value is -2.10. The van der Waals surface area contributed by atoms with Crippen molar-refractivity contribution in [3.8, 4) is 0 Å². The molecule has 0 saturated carbocycles. The lowest BCUT2D eigenvalue weighted by atomic mass is 10.1. The first-order valence-corrected chi connectivity index (χ1v) is 4.64. The largest absolute Gasteiger partial charge is 0.465 e. The van der Waals surface area contributed by atoms with Crippen LogP contribution < -0.4 is 0 Å². The number of carbonyl (C=O) groups is 1. The molecule has 0 radical (unpaired) electrons. The van der Waals surface area contributed by atoms with Crippen molar-refractivity contribution in [3.05, 3.63) is 35.9 Å². The first kappa shape index (κ1) is 12.0. The van der Waals surface area contributed by atoms with E-state index in [9.17, 15) is 4.79 Å². The fraction of sp³-hybridized carbons (Fsp3) is 0.167. The molecule has 0 amide bonds. The van der Waals surface area contributed by atoms with E-state index in [0.717, 1.165) is 0 Å². The summed E-state index contributed by atoms with van der Waals surface area (Å²) >= 11 is 0. The lowest BCUT2D eigenvalue weighted by Crippen LogP contribution is -2.08. The van der Waals surface area contributed by atoms with Crippen LogP contribution in [0.1, 0.15) is 15.9 Å². The SMILES string of the molecule is C=Cc1c(C(=O)OC)cccc1[N+](=C)OC. The monoisotopic (exact) mass is 220 g/mol. The summed E-state index contributed by atoms with van der Waals surface area (Å²) in [7, 11) is 2.82. The fourth-order valence-corrected chi connectivity index (χ4v) is 1.37. The third-order valence-corrected chi connectivity index (χ3v) is 2.18. The van der Waals surface area contributed by atoms with Crippen LogP contribution in [-0.2, 0) is 9.57 Å². The van der Waals surface area contributed by atoms with Crippen LogP contribution in [0.5, 0.6) is 0 Å². The van der Waals surface area contributed by atoms with Gasteiger partial charge in [0.2, 0.25) is 0 Å². The zero-order chi connectivity index (χ0) is 12.1. The first-order chi connectivity index (χ1) is 7.65. The van der Waals surface area contributed by atoms with Gasteiger partial charge >= 0.3 is 5.97 Å². The van der Waals surface area contributed by atoms with Crippen LogP contribution in [0.4, 0.5) is 5.69 Å². The average molecular weight is 220 g/mol. The van der Waals surface area contributed by atoms with E-state index in [1.54, 1.807) is 24.3 Å². The number of benzene rings is 1. The summed E-state index contributed by atoms with van der Waals surface area (Å²) in [6.07, 6.45) is 1.57. The zero-order valence-electron chi connectivity index (χ0n) is 9.40. The molecule has 0 aliphatic carbocycles. The van der Waals surface area contributed by atoms with Crippen molar-refractivity contribution in [3.63, 3.8) is 0 Å². The topological polar surface area (TPSA) is 38.5 Å². The number of rotatable bonds is 4. The molecular weight excluding hydrogens is 206 g/mol. The number of nitrogens with zero attached hydrogens (tertiary/aromatic N) is 1. The number of esters is 1. The van der Waals surface area contributed by atoms with Gasteiger partial charge in [0.15, 0.2) is 6.72 Å². The molecule has 84 valence electrons. The minimum atomic E-state index is -0.416. The third-order valence-electron chi connectivity index (χ3n) is 2.18. The van der Waals surface area contributed by atoms with Crippen LogP contribution in [0.25, 0.3) is 6.08 Å². The Labute approximate surface area is 94.4 Å². The van der Waals surface area contributed by atoms with Crippen molar-refractivity contribution in [2.75, 3.05) is 14.2 Å². The van der Waals surface area contributed by atoms with Crippen molar-refractivity contribution < 1.29 is 19.1 Å². The molecule has 0 unspecified atom stereocenters. The summed E-state index contributed by atoms with van der Waals surface area (Å²) in [5.74, 6) is -0.416. The Balaban J connectivity index is 3.37. The average Bonchev–Trinajstić information content (AvgIpc) is 2.35. The molecule has 1 rings (SSSR count). The maximum absolute atomic E-state index is 11.5. The highest BCUT2D eigenvalue weighted by atomic mass is 16.6. The lowest BCUT2D eigenvalue weighted by Gasteiger charge is -2.05. The second-order valence-electron chi connectivity index (χ2n) is 3.00. The van der Waals surface area contributed by atoms with Gasteiger partial charge in [-0.2, -0.15) is 0 Å². The molecule has 0 spiro atoms. The molecule has 1 aromatic carbocycles. The normalized spacial score (nSPS) is 9.38. The van der Waals surface area contributed by atoms with Gasteiger partial charge in [-0.05, 0) is 6.07 Å². The molecule has 0 saturated heterocycles. The molecule has 0 fully saturated rings. The van der Waals surface area contributed by atoms with E-state index in [1.165, 1.54) is 19.0 Å². The molecule has 0 aromatic heterocycles. The van der Waals surface area contributed by atoms with Gasteiger partial charge in [-0.25, -0.2) is 4.79 Å². The fourth-order valence-electron chi connectivity index (χ4n) is 1.37. The Morgan fingerprint density at radius 1 is 1.44 bits per heavy atom. The van der Waals surface area contributed by atoms with Gasteiger partial charge in [0.25, 0.3) is 5.69 Å². The van der Waals surface area contributed by atoms with Crippen LogP contribution in [0, 0.1) is 0 Å². The summed E-state index contributed by atoms with van der Waals surface area (Å²) in [5.41, 5.74) is 1.72. The highest BCUT2D eigenvalue weighted by molar-refractivity contribution is 5.95. The quantitative estimate of drug-likeness (QED) is 0.337.